The molecule has 0 amide bonds. The lowest BCUT2D eigenvalue weighted by Crippen LogP contribution is -2.24. The zero-order valence-electron chi connectivity index (χ0n) is 9.23. The number of aryl methyl sites for hydroxylation is 1. The van der Waals surface area contributed by atoms with Crippen molar-refractivity contribution < 1.29 is 13.2 Å². The smallest absolute Gasteiger partial charge is 0.391 e. The molecule has 0 aliphatic heterocycles. The van der Waals surface area contributed by atoms with Crippen LogP contribution in [0.1, 0.15) is 18.9 Å². The summed E-state index contributed by atoms with van der Waals surface area (Å²) in [7, 11) is 0. The SMILES string of the molecule is Cc1cc(N)ccc1NC(C)CC(F)(F)F. The van der Waals surface area contributed by atoms with Crippen LogP contribution in [0.3, 0.4) is 0 Å². The van der Waals surface area contributed by atoms with E-state index in [9.17, 15) is 13.2 Å². The molecule has 0 bridgehead atoms. The minimum Gasteiger partial charge on any atom is -0.399 e. The van der Waals surface area contributed by atoms with Crippen molar-refractivity contribution >= 4 is 11.4 Å². The molecule has 3 N–H and O–H groups in total. The Morgan fingerprint density at radius 3 is 2.50 bits per heavy atom. The van der Waals surface area contributed by atoms with Gasteiger partial charge in [0.1, 0.15) is 0 Å². The van der Waals surface area contributed by atoms with Crippen molar-refractivity contribution in [2.45, 2.75) is 32.5 Å². The fraction of sp³-hybridized carbons (Fsp3) is 0.455. The second-order valence-electron chi connectivity index (χ2n) is 3.94. The van der Waals surface area contributed by atoms with E-state index >= 15 is 0 Å². The summed E-state index contributed by atoms with van der Waals surface area (Å²) in [5.41, 5.74) is 7.68. The molecule has 0 aromatic heterocycles. The molecule has 0 radical (unpaired) electrons. The first kappa shape index (κ1) is 12.7. The normalized spacial score (nSPS) is 13.6. The van der Waals surface area contributed by atoms with Crippen LogP contribution in [-0.4, -0.2) is 12.2 Å². The van der Waals surface area contributed by atoms with Crippen molar-refractivity contribution in [1.29, 1.82) is 0 Å². The van der Waals surface area contributed by atoms with Crippen LogP contribution in [-0.2, 0) is 0 Å². The van der Waals surface area contributed by atoms with Crippen molar-refractivity contribution in [3.63, 3.8) is 0 Å². The Kier molecular flexibility index (Phi) is 3.67. The highest BCUT2D eigenvalue weighted by molar-refractivity contribution is 5.57. The van der Waals surface area contributed by atoms with Gasteiger partial charge < -0.3 is 11.1 Å². The maximum absolute atomic E-state index is 12.1. The van der Waals surface area contributed by atoms with E-state index in [1.165, 1.54) is 6.92 Å². The first-order chi connectivity index (χ1) is 7.28. The van der Waals surface area contributed by atoms with Crippen LogP contribution in [0.25, 0.3) is 0 Å². The van der Waals surface area contributed by atoms with Crippen molar-refractivity contribution in [2.75, 3.05) is 11.1 Å². The zero-order chi connectivity index (χ0) is 12.3. The minimum absolute atomic E-state index is 0.603. The van der Waals surface area contributed by atoms with Gasteiger partial charge in [0.15, 0.2) is 0 Å². The molecule has 2 nitrogen and oxygen atoms in total. The summed E-state index contributed by atoms with van der Waals surface area (Å²) >= 11 is 0. The van der Waals surface area contributed by atoms with Crippen molar-refractivity contribution in [3.8, 4) is 0 Å². The van der Waals surface area contributed by atoms with Gasteiger partial charge in [-0.05, 0) is 37.6 Å². The van der Waals surface area contributed by atoms with Gasteiger partial charge in [0.25, 0.3) is 0 Å². The van der Waals surface area contributed by atoms with Crippen LogP contribution in [0.4, 0.5) is 24.5 Å². The number of alkyl halides is 3. The highest BCUT2D eigenvalue weighted by atomic mass is 19.4. The summed E-state index contributed by atoms with van der Waals surface area (Å²) in [6.45, 7) is 3.31. The van der Waals surface area contributed by atoms with Gasteiger partial charge in [-0.3, -0.25) is 0 Å². The van der Waals surface area contributed by atoms with Gasteiger partial charge in [0.05, 0.1) is 6.42 Å². The molecule has 5 heteroatoms. The molecule has 0 fully saturated rings. The quantitative estimate of drug-likeness (QED) is 0.784. The van der Waals surface area contributed by atoms with E-state index in [0.717, 1.165) is 5.56 Å². The number of rotatable bonds is 3. The molecule has 1 rings (SSSR count). The third-order valence-electron chi connectivity index (χ3n) is 2.19. The molecular weight excluding hydrogens is 217 g/mol. The molecule has 1 atom stereocenters. The Hall–Kier alpha value is -1.39. The Bertz CT molecular complexity index is 361. The number of anilines is 2. The lowest BCUT2D eigenvalue weighted by molar-refractivity contribution is -0.136. The molecule has 0 saturated carbocycles. The highest BCUT2D eigenvalue weighted by Crippen LogP contribution is 2.25. The molecule has 1 aromatic rings. The van der Waals surface area contributed by atoms with E-state index < -0.39 is 18.6 Å². The Balaban J connectivity index is 2.66. The van der Waals surface area contributed by atoms with E-state index in [0.29, 0.717) is 11.4 Å². The third-order valence-corrected chi connectivity index (χ3v) is 2.19. The average Bonchev–Trinajstić information content (AvgIpc) is 2.06. The summed E-state index contributed by atoms with van der Waals surface area (Å²) < 4.78 is 36.3. The molecule has 0 saturated heterocycles. The second-order valence-corrected chi connectivity index (χ2v) is 3.94. The molecule has 0 spiro atoms. The summed E-state index contributed by atoms with van der Waals surface area (Å²) in [4.78, 5) is 0. The lowest BCUT2D eigenvalue weighted by Gasteiger charge is -2.18. The molecule has 1 unspecified atom stereocenters. The summed E-state index contributed by atoms with van der Waals surface area (Å²) in [6, 6.07) is 4.43. The van der Waals surface area contributed by atoms with Crippen molar-refractivity contribution in [1.82, 2.24) is 0 Å². The number of hydrogen-bond donors (Lipinski definition) is 2. The standard InChI is InChI=1S/C11H15F3N2/c1-7-5-9(15)3-4-10(7)16-8(2)6-11(12,13)14/h3-5,8,16H,6,15H2,1-2H3. The maximum Gasteiger partial charge on any atom is 0.391 e. The second kappa shape index (κ2) is 4.63. The summed E-state index contributed by atoms with van der Waals surface area (Å²) in [6.07, 6.45) is -5.00. The van der Waals surface area contributed by atoms with Crippen molar-refractivity contribution in [2.24, 2.45) is 0 Å². The monoisotopic (exact) mass is 232 g/mol. The first-order valence-corrected chi connectivity index (χ1v) is 4.97. The van der Waals surface area contributed by atoms with Crippen LogP contribution in [0.15, 0.2) is 18.2 Å². The van der Waals surface area contributed by atoms with Gasteiger partial charge in [0.2, 0.25) is 0 Å². The zero-order valence-corrected chi connectivity index (χ0v) is 9.23. The van der Waals surface area contributed by atoms with E-state index in [4.69, 9.17) is 5.73 Å². The molecule has 0 heterocycles. The fourth-order valence-electron chi connectivity index (χ4n) is 1.51. The van der Waals surface area contributed by atoms with E-state index in [-0.39, 0.29) is 0 Å². The van der Waals surface area contributed by atoms with Gasteiger partial charge in [-0.2, -0.15) is 13.2 Å². The average molecular weight is 232 g/mol. The Labute approximate surface area is 92.6 Å². The molecule has 16 heavy (non-hydrogen) atoms. The van der Waals surface area contributed by atoms with Gasteiger partial charge in [-0.15, -0.1) is 0 Å². The third kappa shape index (κ3) is 4.00. The van der Waals surface area contributed by atoms with E-state index in [1.54, 1.807) is 25.1 Å². The largest absolute Gasteiger partial charge is 0.399 e. The Morgan fingerprint density at radius 2 is 2.00 bits per heavy atom. The van der Waals surface area contributed by atoms with Crippen LogP contribution < -0.4 is 11.1 Å². The number of hydrogen-bond acceptors (Lipinski definition) is 2. The van der Waals surface area contributed by atoms with E-state index in [1.807, 2.05) is 0 Å². The van der Waals surface area contributed by atoms with E-state index in [2.05, 4.69) is 5.32 Å². The van der Waals surface area contributed by atoms with Gasteiger partial charge >= 0.3 is 6.18 Å². The van der Waals surface area contributed by atoms with Gasteiger partial charge in [-0.25, -0.2) is 0 Å². The van der Waals surface area contributed by atoms with Crippen LogP contribution in [0.2, 0.25) is 0 Å². The highest BCUT2D eigenvalue weighted by Gasteiger charge is 2.29. The first-order valence-electron chi connectivity index (χ1n) is 4.97. The van der Waals surface area contributed by atoms with Crippen LogP contribution >= 0.6 is 0 Å². The summed E-state index contributed by atoms with van der Waals surface area (Å²) in [5.74, 6) is 0. The maximum atomic E-state index is 12.1. The van der Waals surface area contributed by atoms with Gasteiger partial charge in [0, 0.05) is 17.4 Å². The number of nitrogens with one attached hydrogen (secondary N) is 1. The number of nitrogen functional groups attached to an aromatic ring is 1. The predicted molar refractivity (Wildman–Crippen MR) is 59.3 cm³/mol. The lowest BCUT2D eigenvalue weighted by atomic mass is 10.1. The molecule has 0 aliphatic rings. The number of benzene rings is 1. The molecule has 1 aromatic carbocycles. The molecule has 90 valence electrons. The fourth-order valence-corrected chi connectivity index (χ4v) is 1.51. The summed E-state index contributed by atoms with van der Waals surface area (Å²) in [5, 5.41) is 2.82. The van der Waals surface area contributed by atoms with Crippen molar-refractivity contribution in [3.05, 3.63) is 23.8 Å². The predicted octanol–water partition coefficient (Wildman–Crippen LogP) is 3.33. The number of nitrogens with two attached hydrogens (primary N) is 1. The molecular formula is C11H15F3N2. The topological polar surface area (TPSA) is 38.0 Å². The Morgan fingerprint density at radius 1 is 1.38 bits per heavy atom. The molecule has 0 aliphatic carbocycles. The van der Waals surface area contributed by atoms with Crippen LogP contribution in [0, 0.1) is 6.92 Å². The number of halogens is 3. The minimum atomic E-state index is -4.14. The van der Waals surface area contributed by atoms with Gasteiger partial charge in [-0.1, -0.05) is 0 Å². The van der Waals surface area contributed by atoms with Crippen LogP contribution in [0.5, 0.6) is 0 Å².